The van der Waals surface area contributed by atoms with E-state index in [1.54, 1.807) is 16.9 Å². The first-order chi connectivity index (χ1) is 10.9. The Morgan fingerprint density at radius 3 is 2.78 bits per heavy atom. The van der Waals surface area contributed by atoms with Gasteiger partial charge in [-0.05, 0) is 29.7 Å². The van der Waals surface area contributed by atoms with Crippen molar-refractivity contribution >= 4 is 17.2 Å². The number of nitriles is 1. The Balaban J connectivity index is 1.86. The van der Waals surface area contributed by atoms with Crippen molar-refractivity contribution in [3.05, 3.63) is 34.3 Å². The lowest BCUT2D eigenvalue weighted by Crippen LogP contribution is -2.36. The van der Waals surface area contributed by atoms with Crippen LogP contribution >= 0.6 is 11.3 Å². The summed E-state index contributed by atoms with van der Waals surface area (Å²) in [6.45, 7) is 6.13. The van der Waals surface area contributed by atoms with E-state index in [2.05, 4.69) is 21.7 Å². The van der Waals surface area contributed by atoms with E-state index in [1.165, 1.54) is 11.3 Å². The number of rotatable bonds is 4. The Bertz CT molecular complexity index is 746. The van der Waals surface area contributed by atoms with Crippen LogP contribution in [0.3, 0.4) is 0 Å². The minimum absolute atomic E-state index is 0.123. The number of hydrogen-bond acceptors (Lipinski definition) is 5. The largest absolute Gasteiger partial charge is 0.343 e. The highest BCUT2D eigenvalue weighted by Crippen LogP contribution is 2.42. The number of nitrogens with one attached hydrogen (secondary N) is 1. The summed E-state index contributed by atoms with van der Waals surface area (Å²) in [5, 5.41) is 24.4. The third-order valence-electron chi connectivity index (χ3n) is 4.10. The van der Waals surface area contributed by atoms with Gasteiger partial charge in [-0.25, -0.2) is 4.68 Å². The van der Waals surface area contributed by atoms with Crippen molar-refractivity contribution in [1.29, 1.82) is 5.26 Å². The van der Waals surface area contributed by atoms with Crippen LogP contribution in [0.25, 0.3) is 0 Å². The second-order valence-corrected chi connectivity index (χ2v) is 7.80. The average molecular weight is 329 g/mol. The molecule has 0 aromatic carbocycles. The molecule has 0 unspecified atom stereocenters. The van der Waals surface area contributed by atoms with Gasteiger partial charge >= 0.3 is 0 Å². The molecule has 7 heteroatoms. The molecule has 2 heterocycles. The second-order valence-electron chi connectivity index (χ2n) is 7.02. The summed E-state index contributed by atoms with van der Waals surface area (Å²) in [7, 11) is 0. The molecule has 2 aromatic heterocycles. The molecule has 6 nitrogen and oxygen atoms in total. The molecule has 0 radical (unpaired) electrons. The normalized spacial score (nSPS) is 17.3. The Hall–Kier alpha value is -2.20. The zero-order valence-electron chi connectivity index (χ0n) is 13.4. The topological polar surface area (TPSA) is 83.6 Å². The number of carbonyl (C=O) groups excluding carboxylic acids is 1. The molecule has 1 fully saturated rings. The third-order valence-corrected chi connectivity index (χ3v) is 4.79. The van der Waals surface area contributed by atoms with Crippen molar-refractivity contribution in [1.82, 2.24) is 20.3 Å². The van der Waals surface area contributed by atoms with Crippen LogP contribution in [0.4, 0.5) is 0 Å². The first-order valence-corrected chi connectivity index (χ1v) is 8.47. The number of thiophene rings is 1. The van der Waals surface area contributed by atoms with Gasteiger partial charge in [-0.2, -0.15) is 16.6 Å². The van der Waals surface area contributed by atoms with Crippen LogP contribution in [0.1, 0.15) is 55.7 Å². The molecule has 1 aliphatic carbocycles. The fourth-order valence-electron chi connectivity index (χ4n) is 2.47. The van der Waals surface area contributed by atoms with Crippen LogP contribution < -0.4 is 5.32 Å². The molecule has 0 spiro atoms. The van der Waals surface area contributed by atoms with Crippen LogP contribution in [0.15, 0.2) is 23.0 Å². The van der Waals surface area contributed by atoms with E-state index in [1.807, 2.05) is 31.5 Å². The Morgan fingerprint density at radius 2 is 2.26 bits per heavy atom. The van der Waals surface area contributed by atoms with Crippen molar-refractivity contribution in [3.8, 4) is 6.07 Å². The second kappa shape index (κ2) is 5.46. The molecular formula is C16H19N5OS. The van der Waals surface area contributed by atoms with Crippen molar-refractivity contribution < 1.29 is 4.79 Å². The molecule has 0 aliphatic heterocycles. The van der Waals surface area contributed by atoms with Crippen molar-refractivity contribution in [2.75, 3.05) is 0 Å². The molecule has 1 N–H and O–H groups in total. The van der Waals surface area contributed by atoms with E-state index in [4.69, 9.17) is 0 Å². The zero-order valence-corrected chi connectivity index (χ0v) is 14.2. The fraction of sp³-hybridized carbons (Fsp3) is 0.500. The Morgan fingerprint density at radius 1 is 1.52 bits per heavy atom. The van der Waals surface area contributed by atoms with Gasteiger partial charge in [-0.15, -0.1) is 5.10 Å². The molecule has 0 bridgehead atoms. The summed E-state index contributed by atoms with van der Waals surface area (Å²) in [6.07, 6.45) is 3.39. The molecule has 1 amide bonds. The molecule has 2 aromatic rings. The van der Waals surface area contributed by atoms with Gasteiger partial charge in [-0.3, -0.25) is 4.79 Å². The van der Waals surface area contributed by atoms with Crippen LogP contribution in [0.5, 0.6) is 0 Å². The summed E-state index contributed by atoms with van der Waals surface area (Å²) < 4.78 is 1.64. The lowest BCUT2D eigenvalue weighted by atomic mass is 9.85. The summed E-state index contributed by atoms with van der Waals surface area (Å²) in [6, 6.07) is 3.81. The van der Waals surface area contributed by atoms with E-state index >= 15 is 0 Å². The number of hydrogen-bond donors (Lipinski definition) is 1. The number of amides is 1. The van der Waals surface area contributed by atoms with E-state index in [9.17, 15) is 10.1 Å². The average Bonchev–Trinajstić information content (AvgIpc) is 2.94. The molecular weight excluding hydrogens is 310 g/mol. The smallest absolute Gasteiger partial charge is 0.252 e. The molecule has 0 saturated heterocycles. The van der Waals surface area contributed by atoms with Crippen LogP contribution in [0, 0.1) is 16.7 Å². The van der Waals surface area contributed by atoms with E-state index in [0.29, 0.717) is 11.3 Å². The zero-order chi connectivity index (χ0) is 16.7. The molecule has 1 saturated carbocycles. The highest BCUT2D eigenvalue weighted by atomic mass is 32.1. The summed E-state index contributed by atoms with van der Waals surface area (Å²) in [5.41, 5.74) is 0.566. The van der Waals surface area contributed by atoms with Crippen molar-refractivity contribution in [3.63, 3.8) is 0 Å². The van der Waals surface area contributed by atoms with Crippen LogP contribution in [-0.2, 0) is 5.54 Å². The minimum atomic E-state index is -0.537. The highest BCUT2D eigenvalue weighted by molar-refractivity contribution is 7.08. The van der Waals surface area contributed by atoms with E-state index in [0.717, 1.165) is 12.8 Å². The Kier molecular flexibility index (Phi) is 3.72. The van der Waals surface area contributed by atoms with Crippen LogP contribution in [0.2, 0.25) is 0 Å². The van der Waals surface area contributed by atoms with Crippen molar-refractivity contribution in [2.45, 2.75) is 45.2 Å². The Labute approximate surface area is 139 Å². The molecule has 120 valence electrons. The maximum Gasteiger partial charge on any atom is 0.252 e. The predicted octanol–water partition coefficient (Wildman–Crippen LogP) is 2.87. The van der Waals surface area contributed by atoms with Crippen molar-refractivity contribution in [2.24, 2.45) is 5.41 Å². The van der Waals surface area contributed by atoms with Gasteiger partial charge in [0, 0.05) is 5.38 Å². The standard InChI is InChI=1S/C16H19N5OS/c1-15(2,3)13(18-14(22)11-4-7-23-9-11)12-8-21(20-19-12)16(10-17)5-6-16/h4,7-9,13H,5-6H2,1-3H3,(H,18,22)/t13-/m1/s1. The summed E-state index contributed by atoms with van der Waals surface area (Å²) in [4.78, 5) is 12.4. The van der Waals surface area contributed by atoms with Gasteiger partial charge in [-0.1, -0.05) is 26.0 Å². The molecule has 3 rings (SSSR count). The SMILES string of the molecule is CC(C)(C)[C@H](NC(=O)c1ccsc1)c1cn(C2(C#N)CC2)nn1. The summed E-state index contributed by atoms with van der Waals surface area (Å²) >= 11 is 1.49. The lowest BCUT2D eigenvalue weighted by molar-refractivity contribution is 0.0900. The number of carbonyl (C=O) groups is 1. The number of nitrogens with zero attached hydrogens (tertiary/aromatic N) is 4. The first kappa shape index (κ1) is 15.7. The van der Waals surface area contributed by atoms with Gasteiger partial charge < -0.3 is 5.32 Å². The van der Waals surface area contributed by atoms with Gasteiger partial charge in [0.15, 0.2) is 5.54 Å². The third kappa shape index (κ3) is 2.99. The van der Waals surface area contributed by atoms with Gasteiger partial charge in [0.2, 0.25) is 0 Å². The van der Waals surface area contributed by atoms with Gasteiger partial charge in [0.25, 0.3) is 5.91 Å². The fourth-order valence-corrected chi connectivity index (χ4v) is 3.11. The molecule has 1 atom stereocenters. The van der Waals surface area contributed by atoms with Gasteiger partial charge in [0.1, 0.15) is 5.69 Å². The summed E-state index contributed by atoms with van der Waals surface area (Å²) in [5.74, 6) is -0.123. The van der Waals surface area contributed by atoms with Gasteiger partial charge in [0.05, 0.1) is 23.9 Å². The first-order valence-electron chi connectivity index (χ1n) is 7.53. The molecule has 23 heavy (non-hydrogen) atoms. The van der Waals surface area contributed by atoms with E-state index in [-0.39, 0.29) is 17.4 Å². The highest BCUT2D eigenvalue weighted by Gasteiger charge is 2.47. The minimum Gasteiger partial charge on any atom is -0.343 e. The number of aromatic nitrogens is 3. The van der Waals surface area contributed by atoms with E-state index < -0.39 is 5.54 Å². The quantitative estimate of drug-likeness (QED) is 0.935. The maximum absolute atomic E-state index is 12.4. The maximum atomic E-state index is 12.4. The predicted molar refractivity (Wildman–Crippen MR) is 86.8 cm³/mol. The lowest BCUT2D eigenvalue weighted by Gasteiger charge is -2.29. The van der Waals surface area contributed by atoms with Crippen LogP contribution in [-0.4, -0.2) is 20.9 Å². The monoisotopic (exact) mass is 329 g/mol. The molecule has 1 aliphatic rings.